The predicted octanol–water partition coefficient (Wildman–Crippen LogP) is 7.93. The molecule has 0 saturated carbocycles. The SMILES string of the molecule is c1ccc2c(c1)ccc1ccc3[nH]c4ccc5ccc6ccccc6c5c4c3c12. The van der Waals surface area contributed by atoms with E-state index in [4.69, 9.17) is 0 Å². The Kier molecular flexibility index (Phi) is 2.80. The molecule has 7 rings (SSSR count). The van der Waals surface area contributed by atoms with Crippen molar-refractivity contribution in [1.29, 1.82) is 0 Å². The van der Waals surface area contributed by atoms with Crippen LogP contribution in [0.3, 0.4) is 0 Å². The average Bonchev–Trinajstić information content (AvgIpc) is 3.17. The van der Waals surface area contributed by atoms with Gasteiger partial charge in [-0.05, 0) is 55.2 Å². The van der Waals surface area contributed by atoms with Gasteiger partial charge >= 0.3 is 0 Å². The van der Waals surface area contributed by atoms with Gasteiger partial charge in [0.2, 0.25) is 0 Å². The molecule has 1 N–H and O–H groups in total. The van der Waals surface area contributed by atoms with Crippen molar-refractivity contribution in [2.75, 3.05) is 0 Å². The molecule has 29 heavy (non-hydrogen) atoms. The van der Waals surface area contributed by atoms with Gasteiger partial charge in [0, 0.05) is 21.8 Å². The lowest BCUT2D eigenvalue weighted by atomic mass is 9.94. The molecule has 134 valence electrons. The summed E-state index contributed by atoms with van der Waals surface area (Å²) in [5, 5.41) is 13.1. The molecule has 1 nitrogen and oxygen atoms in total. The Morgan fingerprint density at radius 2 is 0.759 bits per heavy atom. The molecular formula is C28H17N. The highest BCUT2D eigenvalue weighted by molar-refractivity contribution is 6.35. The Morgan fingerprint density at radius 3 is 1.28 bits per heavy atom. The van der Waals surface area contributed by atoms with Crippen LogP contribution in [0.25, 0.3) is 64.9 Å². The fourth-order valence-corrected chi connectivity index (χ4v) is 5.07. The van der Waals surface area contributed by atoms with Crippen LogP contribution in [0.15, 0.2) is 97.1 Å². The molecule has 0 amide bonds. The smallest absolute Gasteiger partial charge is 0.0471 e. The molecule has 0 radical (unpaired) electrons. The number of H-pyrrole nitrogens is 1. The zero-order chi connectivity index (χ0) is 18.9. The Bertz CT molecular complexity index is 1620. The van der Waals surface area contributed by atoms with Crippen molar-refractivity contribution in [3.05, 3.63) is 97.1 Å². The van der Waals surface area contributed by atoms with Crippen molar-refractivity contribution in [2.45, 2.75) is 0 Å². The maximum Gasteiger partial charge on any atom is 0.0471 e. The fourth-order valence-electron chi connectivity index (χ4n) is 5.07. The van der Waals surface area contributed by atoms with Gasteiger partial charge in [-0.3, -0.25) is 0 Å². The van der Waals surface area contributed by atoms with Crippen molar-refractivity contribution in [3.8, 4) is 0 Å². The molecule has 0 atom stereocenters. The van der Waals surface area contributed by atoms with Crippen LogP contribution in [-0.2, 0) is 0 Å². The Labute approximate surface area is 167 Å². The van der Waals surface area contributed by atoms with Gasteiger partial charge < -0.3 is 4.98 Å². The molecule has 7 aromatic rings. The van der Waals surface area contributed by atoms with Gasteiger partial charge in [0.05, 0.1) is 0 Å². The molecule has 0 spiro atoms. The number of aromatic nitrogens is 1. The number of benzene rings is 6. The van der Waals surface area contributed by atoms with Gasteiger partial charge in [0.1, 0.15) is 0 Å². The second-order valence-electron chi connectivity index (χ2n) is 7.87. The standard InChI is InChI=1S/C28H17N/c1-3-7-21-17(5-1)9-11-19-13-15-23-27(25(19)21)28-24(29-23)16-14-20-12-10-18-6-2-4-8-22(18)26(20)28/h1-16,29H. The minimum absolute atomic E-state index is 1.20. The summed E-state index contributed by atoms with van der Waals surface area (Å²) < 4.78 is 0. The summed E-state index contributed by atoms with van der Waals surface area (Å²) in [7, 11) is 0. The first kappa shape index (κ1) is 15.1. The molecule has 0 bridgehead atoms. The second-order valence-corrected chi connectivity index (χ2v) is 7.87. The number of rotatable bonds is 0. The highest BCUT2D eigenvalue weighted by atomic mass is 14.7. The topological polar surface area (TPSA) is 15.8 Å². The second kappa shape index (κ2) is 5.36. The number of nitrogens with one attached hydrogen (secondary N) is 1. The van der Waals surface area contributed by atoms with E-state index in [0.29, 0.717) is 0 Å². The Hall–Kier alpha value is -3.84. The van der Waals surface area contributed by atoms with Crippen molar-refractivity contribution < 1.29 is 0 Å². The van der Waals surface area contributed by atoms with E-state index in [1.807, 2.05) is 0 Å². The van der Waals surface area contributed by atoms with Crippen LogP contribution >= 0.6 is 0 Å². The molecule has 1 heterocycles. The monoisotopic (exact) mass is 367 g/mol. The predicted molar refractivity (Wildman–Crippen MR) is 126 cm³/mol. The van der Waals surface area contributed by atoms with E-state index in [0.717, 1.165) is 0 Å². The van der Waals surface area contributed by atoms with Crippen LogP contribution in [0.4, 0.5) is 0 Å². The lowest BCUT2D eigenvalue weighted by Crippen LogP contribution is -1.81. The van der Waals surface area contributed by atoms with Crippen LogP contribution in [0.1, 0.15) is 0 Å². The summed E-state index contributed by atoms with van der Waals surface area (Å²) in [4.78, 5) is 3.69. The van der Waals surface area contributed by atoms with Crippen LogP contribution in [0, 0.1) is 0 Å². The summed E-state index contributed by atoms with van der Waals surface area (Å²) >= 11 is 0. The summed E-state index contributed by atoms with van der Waals surface area (Å²) in [6, 6.07) is 35.3. The zero-order valence-corrected chi connectivity index (χ0v) is 15.7. The molecule has 0 saturated heterocycles. The summed E-state index contributed by atoms with van der Waals surface area (Å²) in [6.07, 6.45) is 0. The maximum absolute atomic E-state index is 3.69. The number of hydrogen-bond donors (Lipinski definition) is 1. The van der Waals surface area contributed by atoms with E-state index >= 15 is 0 Å². The summed E-state index contributed by atoms with van der Waals surface area (Å²) in [5.74, 6) is 0. The molecule has 0 aliphatic heterocycles. The summed E-state index contributed by atoms with van der Waals surface area (Å²) in [5.41, 5.74) is 2.40. The molecule has 1 heteroatoms. The van der Waals surface area contributed by atoms with E-state index in [2.05, 4.69) is 102 Å². The third-order valence-electron chi connectivity index (χ3n) is 6.34. The third kappa shape index (κ3) is 1.94. The van der Waals surface area contributed by atoms with Crippen molar-refractivity contribution in [3.63, 3.8) is 0 Å². The largest absolute Gasteiger partial charge is 0.354 e. The minimum atomic E-state index is 1.20. The third-order valence-corrected chi connectivity index (χ3v) is 6.34. The molecule has 0 aliphatic carbocycles. The molecule has 1 aromatic heterocycles. The van der Waals surface area contributed by atoms with E-state index < -0.39 is 0 Å². The average molecular weight is 367 g/mol. The van der Waals surface area contributed by atoms with Crippen LogP contribution in [0.2, 0.25) is 0 Å². The van der Waals surface area contributed by atoms with Gasteiger partial charge in [0.15, 0.2) is 0 Å². The first-order valence-electron chi connectivity index (χ1n) is 10.0. The lowest BCUT2D eigenvalue weighted by molar-refractivity contribution is 1.56. The molecule has 0 fully saturated rings. The van der Waals surface area contributed by atoms with Crippen molar-refractivity contribution in [2.24, 2.45) is 0 Å². The minimum Gasteiger partial charge on any atom is -0.354 e. The molecule has 0 aliphatic rings. The van der Waals surface area contributed by atoms with Gasteiger partial charge in [-0.25, -0.2) is 0 Å². The van der Waals surface area contributed by atoms with Crippen molar-refractivity contribution in [1.82, 2.24) is 4.98 Å². The quantitative estimate of drug-likeness (QED) is 0.262. The van der Waals surface area contributed by atoms with Gasteiger partial charge in [-0.1, -0.05) is 84.9 Å². The zero-order valence-electron chi connectivity index (χ0n) is 15.7. The molecular weight excluding hydrogens is 350 g/mol. The first-order valence-corrected chi connectivity index (χ1v) is 10.0. The van der Waals surface area contributed by atoms with Gasteiger partial charge in [-0.2, -0.15) is 0 Å². The highest BCUT2D eigenvalue weighted by Crippen LogP contribution is 2.41. The van der Waals surface area contributed by atoms with E-state index in [1.54, 1.807) is 0 Å². The Morgan fingerprint density at radius 1 is 0.345 bits per heavy atom. The molecule has 6 aromatic carbocycles. The normalized spacial score (nSPS) is 12.1. The van der Waals surface area contributed by atoms with E-state index in [1.165, 1.54) is 64.9 Å². The number of aromatic amines is 1. The molecule has 0 unspecified atom stereocenters. The van der Waals surface area contributed by atoms with Crippen molar-refractivity contribution >= 4 is 64.9 Å². The van der Waals surface area contributed by atoms with Crippen LogP contribution in [-0.4, -0.2) is 4.98 Å². The van der Waals surface area contributed by atoms with Gasteiger partial charge in [-0.15, -0.1) is 0 Å². The Balaban J connectivity index is 1.88. The maximum atomic E-state index is 3.69. The number of hydrogen-bond acceptors (Lipinski definition) is 0. The van der Waals surface area contributed by atoms with Crippen LogP contribution in [0.5, 0.6) is 0 Å². The number of fused-ring (bicyclic) bond motifs is 11. The van der Waals surface area contributed by atoms with E-state index in [-0.39, 0.29) is 0 Å². The fraction of sp³-hybridized carbons (Fsp3) is 0. The van der Waals surface area contributed by atoms with Gasteiger partial charge in [0.25, 0.3) is 0 Å². The first-order chi connectivity index (χ1) is 14.4. The van der Waals surface area contributed by atoms with E-state index in [9.17, 15) is 0 Å². The lowest BCUT2D eigenvalue weighted by Gasteiger charge is -2.09. The highest BCUT2D eigenvalue weighted by Gasteiger charge is 2.14. The van der Waals surface area contributed by atoms with Crippen LogP contribution < -0.4 is 0 Å². The summed E-state index contributed by atoms with van der Waals surface area (Å²) in [6.45, 7) is 0.